The molecule has 1 aromatic carbocycles. The Kier molecular flexibility index (Phi) is 5.36. The number of nitrogens with one attached hydrogen (secondary N) is 1. The molecule has 1 fully saturated rings. The van der Waals surface area contributed by atoms with Gasteiger partial charge < -0.3 is 19.7 Å². The summed E-state index contributed by atoms with van der Waals surface area (Å²) < 4.78 is 10.6. The molecule has 3 rings (SSSR count). The molecule has 2 aromatic rings. The van der Waals surface area contributed by atoms with Gasteiger partial charge in [0.25, 0.3) is 0 Å². The van der Waals surface area contributed by atoms with Crippen LogP contribution in [0.3, 0.4) is 0 Å². The summed E-state index contributed by atoms with van der Waals surface area (Å²) in [5.74, 6) is 0.382. The Morgan fingerprint density at radius 1 is 1.31 bits per heavy atom. The maximum absolute atomic E-state index is 12.5. The summed E-state index contributed by atoms with van der Waals surface area (Å²) >= 11 is 0. The predicted molar refractivity (Wildman–Crippen MR) is 97.5 cm³/mol. The number of ether oxygens (including phenoxy) is 2. The smallest absolute Gasteiger partial charge is 0.229 e. The van der Waals surface area contributed by atoms with Gasteiger partial charge in [0.15, 0.2) is 0 Å². The van der Waals surface area contributed by atoms with Crippen LogP contribution in [0.4, 0.5) is 11.4 Å². The normalized spacial score (nSPS) is 16.5. The third kappa shape index (κ3) is 3.77. The molecule has 1 aliphatic rings. The third-order valence-electron chi connectivity index (χ3n) is 4.16. The number of carbonyl (C=O) groups excluding carboxylic acids is 2. The van der Waals surface area contributed by atoms with Gasteiger partial charge in [-0.15, -0.1) is 0 Å². The average Bonchev–Trinajstić information content (AvgIpc) is 3.05. The third-order valence-corrected chi connectivity index (χ3v) is 4.16. The Morgan fingerprint density at radius 2 is 2.12 bits per heavy atom. The van der Waals surface area contributed by atoms with Crippen LogP contribution in [0.15, 0.2) is 42.6 Å². The van der Waals surface area contributed by atoms with E-state index in [4.69, 9.17) is 9.47 Å². The fraction of sp³-hybridized carbons (Fsp3) is 0.316. The molecule has 0 unspecified atom stereocenters. The van der Waals surface area contributed by atoms with E-state index in [1.165, 1.54) is 13.3 Å². The molecular weight excluding hydrogens is 334 g/mol. The molecule has 0 aliphatic carbocycles. The summed E-state index contributed by atoms with van der Waals surface area (Å²) in [6.45, 7) is 2.72. The van der Waals surface area contributed by atoms with Gasteiger partial charge in [0.05, 0.1) is 37.2 Å². The van der Waals surface area contributed by atoms with Crippen LogP contribution < -0.4 is 19.7 Å². The molecule has 2 heterocycles. The van der Waals surface area contributed by atoms with E-state index in [0.717, 1.165) is 0 Å². The second kappa shape index (κ2) is 7.86. The van der Waals surface area contributed by atoms with Crippen molar-refractivity contribution in [1.29, 1.82) is 0 Å². The summed E-state index contributed by atoms with van der Waals surface area (Å²) in [7, 11) is 1.53. The first-order valence-corrected chi connectivity index (χ1v) is 8.45. The first-order valence-electron chi connectivity index (χ1n) is 8.45. The highest BCUT2D eigenvalue weighted by molar-refractivity contribution is 6.04. The number of para-hydroxylation sites is 2. The van der Waals surface area contributed by atoms with Gasteiger partial charge in [0.1, 0.15) is 5.75 Å². The van der Waals surface area contributed by atoms with Crippen LogP contribution in [0, 0.1) is 5.92 Å². The topological polar surface area (TPSA) is 80.8 Å². The number of amides is 2. The summed E-state index contributed by atoms with van der Waals surface area (Å²) in [4.78, 5) is 30.6. The van der Waals surface area contributed by atoms with Gasteiger partial charge in [-0.05, 0) is 25.1 Å². The van der Waals surface area contributed by atoms with Crippen molar-refractivity contribution in [2.24, 2.45) is 5.92 Å². The highest BCUT2D eigenvalue weighted by atomic mass is 16.5. The van der Waals surface area contributed by atoms with E-state index < -0.39 is 5.92 Å². The maximum Gasteiger partial charge on any atom is 0.229 e. The van der Waals surface area contributed by atoms with Crippen LogP contribution in [0.25, 0.3) is 0 Å². The summed E-state index contributed by atoms with van der Waals surface area (Å²) in [6.07, 6.45) is 1.69. The Hall–Kier alpha value is -3.09. The van der Waals surface area contributed by atoms with Gasteiger partial charge in [0, 0.05) is 19.0 Å². The molecule has 7 heteroatoms. The lowest BCUT2D eigenvalue weighted by Crippen LogP contribution is -2.28. The minimum atomic E-state index is -0.431. The van der Waals surface area contributed by atoms with Gasteiger partial charge in [-0.25, -0.2) is 4.98 Å². The van der Waals surface area contributed by atoms with E-state index in [2.05, 4.69) is 10.3 Å². The van der Waals surface area contributed by atoms with Gasteiger partial charge in [-0.2, -0.15) is 0 Å². The van der Waals surface area contributed by atoms with Crippen LogP contribution in [-0.2, 0) is 9.59 Å². The Labute approximate surface area is 151 Å². The average molecular weight is 355 g/mol. The molecule has 136 valence electrons. The molecule has 1 aromatic heterocycles. The zero-order chi connectivity index (χ0) is 18.5. The number of methoxy groups -OCH3 is 1. The fourth-order valence-corrected chi connectivity index (χ4v) is 2.89. The number of hydrogen-bond donors (Lipinski definition) is 1. The number of benzene rings is 1. The number of hydrogen-bond acceptors (Lipinski definition) is 5. The Balaban J connectivity index is 1.70. The van der Waals surface area contributed by atoms with E-state index in [0.29, 0.717) is 36.2 Å². The lowest BCUT2D eigenvalue weighted by atomic mass is 10.1. The van der Waals surface area contributed by atoms with Crippen LogP contribution in [0.1, 0.15) is 13.3 Å². The monoisotopic (exact) mass is 355 g/mol. The molecule has 2 amide bonds. The van der Waals surface area contributed by atoms with Crippen molar-refractivity contribution < 1.29 is 19.1 Å². The van der Waals surface area contributed by atoms with Crippen LogP contribution >= 0.6 is 0 Å². The lowest BCUT2D eigenvalue weighted by molar-refractivity contribution is -0.122. The summed E-state index contributed by atoms with van der Waals surface area (Å²) in [5.41, 5.74) is 1.26. The molecule has 26 heavy (non-hydrogen) atoms. The van der Waals surface area contributed by atoms with Gasteiger partial charge in [0.2, 0.25) is 17.7 Å². The second-order valence-electron chi connectivity index (χ2n) is 5.88. The zero-order valence-electron chi connectivity index (χ0n) is 14.8. The van der Waals surface area contributed by atoms with Gasteiger partial charge in [-0.3, -0.25) is 9.59 Å². The number of aromatic nitrogens is 1. The number of rotatable bonds is 6. The maximum atomic E-state index is 12.5. The largest absolute Gasteiger partial charge is 0.492 e. The molecule has 0 bridgehead atoms. The van der Waals surface area contributed by atoms with Gasteiger partial charge >= 0.3 is 0 Å². The van der Waals surface area contributed by atoms with Crippen molar-refractivity contribution in [1.82, 2.24) is 4.98 Å². The van der Waals surface area contributed by atoms with Crippen LogP contribution in [0.5, 0.6) is 11.6 Å². The van der Waals surface area contributed by atoms with Crippen molar-refractivity contribution in [3.05, 3.63) is 42.6 Å². The molecule has 0 saturated carbocycles. The SMILES string of the molecule is CCOc1ccccc1N1C[C@H](C(=O)Nc2ccc(OC)nc2)CC1=O. The first kappa shape index (κ1) is 17.7. The summed E-state index contributed by atoms with van der Waals surface area (Å²) in [5, 5.41) is 2.80. The summed E-state index contributed by atoms with van der Waals surface area (Å²) in [6, 6.07) is 10.7. The van der Waals surface area contributed by atoms with Crippen molar-refractivity contribution >= 4 is 23.2 Å². The van der Waals surface area contributed by atoms with E-state index in [1.807, 2.05) is 31.2 Å². The standard InChI is InChI=1S/C19H21N3O4/c1-3-26-16-7-5-4-6-15(16)22-12-13(10-18(22)23)19(24)21-14-8-9-17(25-2)20-11-14/h4-9,11,13H,3,10,12H2,1-2H3,(H,21,24)/t13-/m1/s1. The number of nitrogens with zero attached hydrogens (tertiary/aromatic N) is 2. The second-order valence-corrected chi connectivity index (χ2v) is 5.88. The molecule has 1 saturated heterocycles. The lowest BCUT2D eigenvalue weighted by Gasteiger charge is -2.20. The van der Waals surface area contributed by atoms with E-state index in [9.17, 15) is 9.59 Å². The molecule has 1 atom stereocenters. The number of anilines is 2. The predicted octanol–water partition coefficient (Wildman–Crippen LogP) is 2.48. The molecular formula is C19H21N3O4. The number of pyridine rings is 1. The van der Waals surface area contributed by atoms with Crippen molar-refractivity contribution in [2.75, 3.05) is 30.5 Å². The van der Waals surface area contributed by atoms with Gasteiger partial charge in [-0.1, -0.05) is 12.1 Å². The van der Waals surface area contributed by atoms with Crippen molar-refractivity contribution in [2.45, 2.75) is 13.3 Å². The minimum absolute atomic E-state index is 0.0924. The Morgan fingerprint density at radius 3 is 2.81 bits per heavy atom. The Bertz CT molecular complexity index is 792. The molecule has 0 spiro atoms. The fourth-order valence-electron chi connectivity index (χ4n) is 2.89. The highest BCUT2D eigenvalue weighted by Gasteiger charge is 2.36. The van der Waals surface area contributed by atoms with E-state index in [-0.39, 0.29) is 18.2 Å². The highest BCUT2D eigenvalue weighted by Crippen LogP contribution is 2.33. The minimum Gasteiger partial charge on any atom is -0.492 e. The van der Waals surface area contributed by atoms with E-state index >= 15 is 0 Å². The number of carbonyl (C=O) groups is 2. The molecule has 0 radical (unpaired) electrons. The first-order chi connectivity index (χ1) is 12.6. The van der Waals surface area contributed by atoms with Crippen LogP contribution in [-0.4, -0.2) is 37.1 Å². The molecule has 7 nitrogen and oxygen atoms in total. The van der Waals surface area contributed by atoms with Crippen LogP contribution in [0.2, 0.25) is 0 Å². The molecule has 1 N–H and O–H groups in total. The van der Waals surface area contributed by atoms with E-state index in [1.54, 1.807) is 17.0 Å². The molecule has 1 aliphatic heterocycles. The van der Waals surface area contributed by atoms with Crippen molar-refractivity contribution in [3.8, 4) is 11.6 Å². The quantitative estimate of drug-likeness (QED) is 0.861. The zero-order valence-corrected chi connectivity index (χ0v) is 14.8. The van der Waals surface area contributed by atoms with Crippen molar-refractivity contribution in [3.63, 3.8) is 0 Å².